The van der Waals surface area contributed by atoms with Crippen molar-refractivity contribution in [3.8, 4) is 0 Å². The summed E-state index contributed by atoms with van der Waals surface area (Å²) in [6, 6.07) is 4.18. The first-order chi connectivity index (χ1) is 5.93. The summed E-state index contributed by atoms with van der Waals surface area (Å²) in [5, 5.41) is 0. The minimum absolute atomic E-state index is 1.00. The molecule has 3 rings (SSSR count). The van der Waals surface area contributed by atoms with Gasteiger partial charge < -0.3 is 9.29 Å². The summed E-state index contributed by atoms with van der Waals surface area (Å²) in [4.78, 5) is 2.23. The van der Waals surface area contributed by atoms with E-state index < -0.39 is 0 Å². The van der Waals surface area contributed by atoms with Crippen molar-refractivity contribution in [1.82, 2.24) is 9.29 Å². The van der Waals surface area contributed by atoms with E-state index in [0.29, 0.717) is 0 Å². The van der Waals surface area contributed by atoms with E-state index in [4.69, 9.17) is 0 Å². The summed E-state index contributed by atoms with van der Waals surface area (Å²) >= 11 is 0. The first kappa shape index (κ1) is 6.18. The maximum Gasteiger partial charge on any atom is 0.396 e. The molecule has 0 N–H and O–H groups in total. The summed E-state index contributed by atoms with van der Waals surface area (Å²) in [5.74, 6) is 0. The summed E-state index contributed by atoms with van der Waals surface area (Å²) in [5.41, 5.74) is 2.55. The van der Waals surface area contributed by atoms with Crippen molar-refractivity contribution in [1.29, 1.82) is 0 Å². The van der Waals surface area contributed by atoms with Crippen molar-refractivity contribution in [3.05, 3.63) is 41.9 Å². The van der Waals surface area contributed by atoms with Crippen molar-refractivity contribution in [2.24, 2.45) is 0 Å². The Balaban J connectivity index is 2.14. The number of fused-ring (bicyclic) bond motifs is 2. The lowest BCUT2D eigenvalue weighted by Gasteiger charge is -2.24. The second-order valence-corrected chi connectivity index (χ2v) is 3.08. The van der Waals surface area contributed by atoms with Crippen LogP contribution in [0.1, 0.15) is 5.69 Å². The van der Waals surface area contributed by atoms with Crippen LogP contribution in [-0.4, -0.2) is 23.4 Å². The first-order valence-electron chi connectivity index (χ1n) is 4.10. The van der Waals surface area contributed by atoms with E-state index in [1.54, 1.807) is 0 Å². The van der Waals surface area contributed by atoms with Crippen molar-refractivity contribution < 1.29 is 0 Å². The van der Waals surface area contributed by atoms with Gasteiger partial charge >= 0.3 is 7.55 Å². The third-order valence-electron chi connectivity index (χ3n) is 2.29. The van der Waals surface area contributed by atoms with Gasteiger partial charge in [-0.3, -0.25) is 0 Å². The van der Waals surface area contributed by atoms with Crippen LogP contribution in [0, 0.1) is 0 Å². The second-order valence-electron chi connectivity index (χ2n) is 3.08. The number of nitrogens with zero attached hydrogens (tertiary/aromatic N) is 2. The van der Waals surface area contributed by atoms with Crippen LogP contribution in [-0.2, 0) is 0 Å². The highest BCUT2D eigenvalue weighted by Crippen LogP contribution is 2.21. The third-order valence-corrected chi connectivity index (χ3v) is 2.29. The van der Waals surface area contributed by atoms with Crippen LogP contribution in [0.15, 0.2) is 36.2 Å². The summed E-state index contributed by atoms with van der Waals surface area (Å²) in [7, 11) is 2.13. The molecule has 0 bridgehead atoms. The fourth-order valence-electron chi connectivity index (χ4n) is 1.67. The topological polar surface area (TPSA) is 8.17 Å². The van der Waals surface area contributed by atoms with Crippen molar-refractivity contribution in [3.63, 3.8) is 0 Å². The molecule has 0 amide bonds. The SMILES string of the molecule is [B]1N2CC=CC2=Cc2cccn21. The predicted molar refractivity (Wildman–Crippen MR) is 49.4 cm³/mol. The van der Waals surface area contributed by atoms with Gasteiger partial charge in [0, 0.05) is 17.9 Å². The fraction of sp³-hybridized carbons (Fsp3) is 0.111. The lowest BCUT2D eigenvalue weighted by Crippen LogP contribution is -2.32. The number of rotatable bonds is 0. The lowest BCUT2D eigenvalue weighted by molar-refractivity contribution is 0.633. The van der Waals surface area contributed by atoms with E-state index in [2.05, 4.69) is 53.4 Å². The summed E-state index contributed by atoms with van der Waals surface area (Å²) in [6.45, 7) is 1.00. The Hall–Kier alpha value is -1.38. The molecule has 0 aliphatic carbocycles. The van der Waals surface area contributed by atoms with Gasteiger partial charge in [-0.2, -0.15) is 0 Å². The number of hydrogen-bond acceptors (Lipinski definition) is 1. The van der Waals surface area contributed by atoms with Gasteiger partial charge in [-0.1, -0.05) is 6.08 Å². The highest BCUT2D eigenvalue weighted by molar-refractivity contribution is 6.32. The molecule has 3 heterocycles. The summed E-state index contributed by atoms with van der Waals surface area (Å²) < 4.78 is 2.14. The molecule has 0 fully saturated rings. The molecular formula is C9H8BN2. The molecule has 0 saturated heterocycles. The zero-order valence-electron chi connectivity index (χ0n) is 6.64. The highest BCUT2D eigenvalue weighted by atomic mass is 15.2. The van der Waals surface area contributed by atoms with Gasteiger partial charge in [0.2, 0.25) is 0 Å². The van der Waals surface area contributed by atoms with Crippen molar-refractivity contribution in [2.45, 2.75) is 0 Å². The monoisotopic (exact) mass is 155 g/mol. The van der Waals surface area contributed by atoms with Crippen LogP contribution in [0.5, 0.6) is 0 Å². The number of allylic oxidation sites excluding steroid dienone is 1. The Morgan fingerprint density at radius 1 is 1.42 bits per heavy atom. The van der Waals surface area contributed by atoms with E-state index in [9.17, 15) is 0 Å². The molecule has 2 aliphatic heterocycles. The number of aromatic nitrogens is 1. The molecule has 2 aliphatic rings. The largest absolute Gasteiger partial charge is 0.396 e. The molecule has 57 valence electrons. The lowest BCUT2D eigenvalue weighted by atomic mass is 10.0. The molecule has 0 unspecified atom stereocenters. The molecule has 0 spiro atoms. The molecule has 3 heteroatoms. The van der Waals surface area contributed by atoms with Crippen LogP contribution in [0.25, 0.3) is 6.08 Å². The average Bonchev–Trinajstić information content (AvgIpc) is 2.64. The predicted octanol–water partition coefficient (Wildman–Crippen LogP) is 1.10. The zero-order valence-corrected chi connectivity index (χ0v) is 6.64. The Bertz CT molecular complexity index is 376. The average molecular weight is 155 g/mol. The molecule has 0 aromatic carbocycles. The molecule has 2 nitrogen and oxygen atoms in total. The summed E-state index contributed by atoms with van der Waals surface area (Å²) in [6.07, 6.45) is 8.60. The quantitative estimate of drug-likeness (QED) is 0.509. The van der Waals surface area contributed by atoms with Crippen LogP contribution >= 0.6 is 0 Å². The van der Waals surface area contributed by atoms with Crippen LogP contribution in [0.3, 0.4) is 0 Å². The van der Waals surface area contributed by atoms with Crippen LogP contribution in [0.2, 0.25) is 0 Å². The zero-order chi connectivity index (χ0) is 7.97. The molecule has 1 radical (unpaired) electrons. The van der Waals surface area contributed by atoms with Crippen LogP contribution < -0.4 is 0 Å². The molecule has 1 aromatic heterocycles. The molecule has 0 atom stereocenters. The maximum absolute atomic E-state index is 2.23. The van der Waals surface area contributed by atoms with Gasteiger partial charge in [-0.25, -0.2) is 0 Å². The van der Waals surface area contributed by atoms with Gasteiger partial charge in [0.1, 0.15) is 0 Å². The maximum atomic E-state index is 2.23. The van der Waals surface area contributed by atoms with Gasteiger partial charge in [0.25, 0.3) is 0 Å². The van der Waals surface area contributed by atoms with Gasteiger partial charge in [0.15, 0.2) is 0 Å². The Morgan fingerprint density at radius 3 is 3.42 bits per heavy atom. The fourth-order valence-corrected chi connectivity index (χ4v) is 1.67. The Kier molecular flexibility index (Phi) is 1.06. The number of hydrogen-bond donors (Lipinski definition) is 0. The van der Waals surface area contributed by atoms with Crippen LogP contribution in [0.4, 0.5) is 0 Å². The standard InChI is InChI=1S/C9H8BN2/c1-3-8-7-9-4-2-6-12(9)10-11(8)5-1/h1-5,7H,6H2. The third kappa shape index (κ3) is 0.707. The van der Waals surface area contributed by atoms with Crippen molar-refractivity contribution >= 4 is 13.6 Å². The molecule has 1 aromatic rings. The van der Waals surface area contributed by atoms with E-state index in [1.807, 2.05) is 0 Å². The normalized spacial score (nSPS) is 18.3. The van der Waals surface area contributed by atoms with Crippen molar-refractivity contribution in [2.75, 3.05) is 6.54 Å². The molecule has 0 saturated carbocycles. The van der Waals surface area contributed by atoms with E-state index in [1.165, 1.54) is 11.4 Å². The second kappa shape index (κ2) is 2.06. The first-order valence-corrected chi connectivity index (χ1v) is 4.10. The van der Waals surface area contributed by atoms with Gasteiger partial charge in [-0.15, -0.1) is 0 Å². The highest BCUT2D eigenvalue weighted by Gasteiger charge is 2.19. The van der Waals surface area contributed by atoms with Gasteiger partial charge in [0.05, 0.1) is 0 Å². The van der Waals surface area contributed by atoms with E-state index in [-0.39, 0.29) is 0 Å². The minimum atomic E-state index is 1.00. The van der Waals surface area contributed by atoms with Gasteiger partial charge in [-0.05, 0) is 30.5 Å². The molecular weight excluding hydrogens is 147 g/mol. The Labute approximate surface area is 72.1 Å². The Morgan fingerprint density at radius 2 is 2.42 bits per heavy atom. The smallest absolute Gasteiger partial charge is 0.395 e. The van der Waals surface area contributed by atoms with E-state index in [0.717, 1.165) is 6.54 Å². The van der Waals surface area contributed by atoms with E-state index >= 15 is 0 Å². The molecule has 12 heavy (non-hydrogen) atoms. The minimum Gasteiger partial charge on any atom is -0.395 e.